The molecular formula is C24H15Cl3F4N6O. The summed E-state index contributed by atoms with van der Waals surface area (Å²) in [5.74, 6) is -1.01. The average Bonchev–Trinajstić information content (AvgIpc) is 2.86. The molecule has 1 unspecified atom stereocenters. The van der Waals surface area contributed by atoms with Crippen LogP contribution in [0.2, 0.25) is 10.0 Å². The fraction of sp³-hybridized carbons (Fsp3) is 0.0833. The van der Waals surface area contributed by atoms with Gasteiger partial charge in [0.1, 0.15) is 11.6 Å². The number of hydrazone groups is 1. The maximum atomic E-state index is 14.6. The molecule has 0 fully saturated rings. The lowest BCUT2D eigenvalue weighted by molar-refractivity contribution is -0.199. The summed E-state index contributed by atoms with van der Waals surface area (Å²) in [5.41, 5.74) is 0.624. The van der Waals surface area contributed by atoms with Crippen LogP contribution in [0.4, 0.5) is 35.1 Å². The van der Waals surface area contributed by atoms with E-state index in [1.807, 2.05) is 0 Å². The van der Waals surface area contributed by atoms with E-state index in [1.165, 1.54) is 48.7 Å². The van der Waals surface area contributed by atoms with Crippen molar-refractivity contribution >= 4 is 58.6 Å². The monoisotopic (exact) mass is 584 g/mol. The molecule has 7 nitrogen and oxygen atoms in total. The fourth-order valence-electron chi connectivity index (χ4n) is 2.96. The number of aromatic nitrogens is 3. The zero-order chi connectivity index (χ0) is 27.3. The van der Waals surface area contributed by atoms with Crippen molar-refractivity contribution in [2.24, 2.45) is 5.10 Å². The molecule has 1 atom stereocenters. The molecule has 1 aromatic heterocycles. The predicted octanol–water partition coefficient (Wildman–Crippen LogP) is 7.68. The molecule has 0 saturated heterocycles. The Labute approximate surface area is 228 Å². The Kier molecular flexibility index (Phi) is 8.50. The number of alkyl halides is 4. The van der Waals surface area contributed by atoms with Crippen LogP contribution in [0.5, 0.6) is 5.75 Å². The molecule has 0 aliphatic heterocycles. The van der Waals surface area contributed by atoms with Gasteiger partial charge < -0.3 is 10.1 Å². The Balaban J connectivity index is 1.57. The van der Waals surface area contributed by atoms with E-state index < -0.39 is 17.6 Å². The quantitative estimate of drug-likeness (QED) is 0.0907. The Morgan fingerprint density at radius 2 is 1.61 bits per heavy atom. The van der Waals surface area contributed by atoms with E-state index >= 15 is 0 Å². The number of benzene rings is 3. The lowest BCUT2D eigenvalue weighted by Gasteiger charge is -2.17. The third kappa shape index (κ3) is 7.00. The van der Waals surface area contributed by atoms with E-state index in [2.05, 4.69) is 35.5 Å². The number of anilines is 3. The van der Waals surface area contributed by atoms with Crippen molar-refractivity contribution in [1.82, 2.24) is 15.0 Å². The van der Waals surface area contributed by atoms with Gasteiger partial charge in [-0.15, -0.1) is 0 Å². The normalized spacial score (nSPS) is 12.4. The lowest BCUT2D eigenvalue weighted by Crippen LogP contribution is -2.32. The molecule has 0 aliphatic rings. The highest BCUT2D eigenvalue weighted by molar-refractivity contribution is 6.33. The molecular weight excluding hydrogens is 571 g/mol. The van der Waals surface area contributed by atoms with Crippen molar-refractivity contribution in [3.63, 3.8) is 0 Å². The van der Waals surface area contributed by atoms with Gasteiger partial charge >= 0.3 is 6.11 Å². The van der Waals surface area contributed by atoms with Crippen LogP contribution in [0.3, 0.4) is 0 Å². The zero-order valence-electron chi connectivity index (χ0n) is 18.8. The predicted molar refractivity (Wildman–Crippen MR) is 139 cm³/mol. The van der Waals surface area contributed by atoms with Gasteiger partial charge in [-0.25, -0.2) is 14.2 Å². The van der Waals surface area contributed by atoms with Crippen LogP contribution in [-0.2, 0) is 0 Å². The van der Waals surface area contributed by atoms with Crippen LogP contribution < -0.4 is 15.5 Å². The first-order chi connectivity index (χ1) is 18.1. The van der Waals surface area contributed by atoms with Crippen molar-refractivity contribution in [1.29, 1.82) is 0 Å². The fourth-order valence-corrected chi connectivity index (χ4v) is 3.37. The molecule has 0 amide bonds. The second kappa shape index (κ2) is 11.8. The minimum absolute atomic E-state index is 0.0393. The van der Waals surface area contributed by atoms with Gasteiger partial charge in [0.15, 0.2) is 5.82 Å². The Morgan fingerprint density at radius 3 is 2.26 bits per heavy atom. The van der Waals surface area contributed by atoms with Gasteiger partial charge in [-0.1, -0.05) is 40.9 Å². The summed E-state index contributed by atoms with van der Waals surface area (Å²) < 4.78 is 58.1. The summed E-state index contributed by atoms with van der Waals surface area (Å²) in [5, 5.41) is 7.60. The second-order valence-corrected chi connectivity index (χ2v) is 8.67. The molecule has 1 heterocycles. The molecule has 2 N–H and O–H groups in total. The maximum absolute atomic E-state index is 14.6. The molecule has 38 heavy (non-hydrogen) atoms. The smallest absolute Gasteiger partial charge is 0.429 e. The first-order valence-electron chi connectivity index (χ1n) is 10.6. The first kappa shape index (κ1) is 27.4. The van der Waals surface area contributed by atoms with Crippen molar-refractivity contribution < 1.29 is 22.3 Å². The Bertz CT molecular complexity index is 1420. The molecule has 0 aliphatic carbocycles. The molecule has 0 bridgehead atoms. The zero-order valence-corrected chi connectivity index (χ0v) is 21.1. The molecule has 14 heteroatoms. The van der Waals surface area contributed by atoms with Gasteiger partial charge in [0, 0.05) is 10.7 Å². The van der Waals surface area contributed by atoms with Crippen molar-refractivity contribution in [2.45, 2.75) is 11.7 Å². The highest BCUT2D eigenvalue weighted by Crippen LogP contribution is 2.30. The van der Waals surface area contributed by atoms with E-state index in [0.717, 1.165) is 0 Å². The van der Waals surface area contributed by atoms with Gasteiger partial charge in [0.25, 0.3) is 5.63 Å². The van der Waals surface area contributed by atoms with Crippen LogP contribution in [0.25, 0.3) is 11.4 Å². The number of rotatable bonds is 9. The van der Waals surface area contributed by atoms with Gasteiger partial charge in [-0.2, -0.15) is 28.8 Å². The third-order valence-corrected chi connectivity index (χ3v) is 5.51. The average molecular weight is 586 g/mol. The van der Waals surface area contributed by atoms with E-state index in [4.69, 9.17) is 34.8 Å². The van der Waals surface area contributed by atoms with Crippen molar-refractivity contribution in [3.05, 3.63) is 88.2 Å². The number of nitrogens with one attached hydrogen (secondary N) is 2. The second-order valence-electron chi connectivity index (χ2n) is 7.44. The van der Waals surface area contributed by atoms with Gasteiger partial charge in [0.05, 0.1) is 16.8 Å². The van der Waals surface area contributed by atoms with E-state index in [0.29, 0.717) is 16.3 Å². The molecule has 196 valence electrons. The molecule has 0 saturated carbocycles. The highest BCUT2D eigenvalue weighted by Gasteiger charge is 2.42. The van der Waals surface area contributed by atoms with Crippen LogP contribution in [0, 0.1) is 5.82 Å². The summed E-state index contributed by atoms with van der Waals surface area (Å²) in [6.07, 6.45) is -2.86. The standard InChI is InChI=1S/C24H15Cl3F4N6O/c25-14-6-8-15(9-7-14)33-22-34-20(19-17(26)2-1-3-18(19)28)35-23(36-22)37-32-12-13-4-10-16(11-5-13)38-24(30,31)21(27)29/h1-12,21H,(H2,33,34,35,36,37). The summed E-state index contributed by atoms with van der Waals surface area (Å²) in [7, 11) is 0. The van der Waals surface area contributed by atoms with Crippen molar-refractivity contribution in [2.75, 3.05) is 10.7 Å². The molecule has 0 radical (unpaired) electrons. The van der Waals surface area contributed by atoms with E-state index in [1.54, 1.807) is 24.3 Å². The minimum Gasteiger partial charge on any atom is -0.429 e. The summed E-state index contributed by atoms with van der Waals surface area (Å²) in [6, 6.07) is 16.0. The van der Waals surface area contributed by atoms with Gasteiger partial charge in [-0.05, 0) is 66.2 Å². The number of hydrogen-bond donors (Lipinski definition) is 2. The molecule has 0 spiro atoms. The topological polar surface area (TPSA) is 84.3 Å². The van der Waals surface area contributed by atoms with Crippen LogP contribution in [-0.4, -0.2) is 32.9 Å². The van der Waals surface area contributed by atoms with Gasteiger partial charge in [0.2, 0.25) is 11.9 Å². The maximum Gasteiger partial charge on any atom is 0.444 e. The Hall–Kier alpha value is -3.67. The SMILES string of the molecule is Fc1cccc(Cl)c1-c1nc(NN=Cc2ccc(OC(F)(F)C(F)Cl)cc2)nc(Nc2ccc(Cl)cc2)n1. The van der Waals surface area contributed by atoms with Gasteiger partial charge in [-0.3, -0.25) is 0 Å². The van der Waals surface area contributed by atoms with E-state index in [-0.39, 0.29) is 34.1 Å². The summed E-state index contributed by atoms with van der Waals surface area (Å²) in [6.45, 7) is 0. The highest BCUT2D eigenvalue weighted by atomic mass is 35.5. The van der Waals surface area contributed by atoms with Crippen molar-refractivity contribution in [3.8, 4) is 17.1 Å². The number of halogens is 7. The van der Waals surface area contributed by atoms with Crippen LogP contribution in [0.1, 0.15) is 5.56 Å². The number of nitrogens with zero attached hydrogens (tertiary/aromatic N) is 4. The number of hydrogen-bond acceptors (Lipinski definition) is 7. The summed E-state index contributed by atoms with van der Waals surface area (Å²) >= 11 is 16.9. The Morgan fingerprint density at radius 1 is 0.921 bits per heavy atom. The molecule has 3 aromatic carbocycles. The van der Waals surface area contributed by atoms with E-state index in [9.17, 15) is 17.6 Å². The van der Waals surface area contributed by atoms with Crippen LogP contribution in [0.15, 0.2) is 71.8 Å². The number of ether oxygens (including phenoxy) is 1. The molecule has 4 aromatic rings. The lowest BCUT2D eigenvalue weighted by atomic mass is 10.2. The largest absolute Gasteiger partial charge is 0.444 e. The summed E-state index contributed by atoms with van der Waals surface area (Å²) in [4.78, 5) is 12.7. The first-order valence-corrected chi connectivity index (χ1v) is 11.8. The van der Waals surface area contributed by atoms with Crippen LogP contribution >= 0.6 is 34.8 Å². The minimum atomic E-state index is -4.19. The molecule has 4 rings (SSSR count). The third-order valence-electron chi connectivity index (χ3n) is 4.69.